The lowest BCUT2D eigenvalue weighted by molar-refractivity contribution is -0.132. The van der Waals surface area contributed by atoms with Gasteiger partial charge in [-0.2, -0.15) is 0 Å². The average molecular weight is 457 g/mol. The molecular weight excluding hydrogens is 428 g/mol. The Morgan fingerprint density at radius 3 is 2.61 bits per heavy atom. The van der Waals surface area contributed by atoms with Crippen LogP contribution >= 0.6 is 23.1 Å². The molecule has 7 heteroatoms. The Balaban J connectivity index is 1.27. The van der Waals surface area contributed by atoms with Crippen LogP contribution in [-0.2, 0) is 11.2 Å². The molecule has 0 spiro atoms. The second-order valence-corrected chi connectivity index (χ2v) is 10.6. The Bertz CT molecular complexity index is 1020. The van der Waals surface area contributed by atoms with Crippen LogP contribution in [0.15, 0.2) is 47.4 Å². The van der Waals surface area contributed by atoms with E-state index in [1.807, 2.05) is 34.9 Å². The molecule has 0 bridgehead atoms. The summed E-state index contributed by atoms with van der Waals surface area (Å²) in [5.41, 5.74) is 1.99. The van der Waals surface area contributed by atoms with E-state index in [-0.39, 0.29) is 12.0 Å². The van der Waals surface area contributed by atoms with Crippen LogP contribution in [0.5, 0.6) is 10.9 Å². The fourth-order valence-corrected chi connectivity index (χ4v) is 5.42. The lowest BCUT2D eigenvalue weighted by atomic mass is 10.1. The number of nitrogens with zero attached hydrogens (tertiary/aromatic N) is 2. The summed E-state index contributed by atoms with van der Waals surface area (Å²) in [6, 6.07) is 14.2. The third-order valence-electron chi connectivity index (χ3n) is 5.29. The molecule has 1 aromatic heterocycles. The van der Waals surface area contributed by atoms with E-state index in [4.69, 9.17) is 9.47 Å². The number of piperidine rings is 1. The van der Waals surface area contributed by atoms with E-state index in [9.17, 15) is 4.79 Å². The van der Waals surface area contributed by atoms with Crippen LogP contribution in [0.4, 0.5) is 0 Å². The van der Waals surface area contributed by atoms with Gasteiger partial charge >= 0.3 is 0 Å². The zero-order valence-corrected chi connectivity index (χ0v) is 19.8. The van der Waals surface area contributed by atoms with Crippen LogP contribution in [0.1, 0.15) is 32.3 Å². The van der Waals surface area contributed by atoms with Gasteiger partial charge in [0, 0.05) is 36.1 Å². The Kier molecular flexibility index (Phi) is 7.02. The van der Waals surface area contributed by atoms with E-state index in [2.05, 4.69) is 43.1 Å². The van der Waals surface area contributed by atoms with Gasteiger partial charge in [-0.3, -0.25) is 4.79 Å². The lowest BCUT2D eigenvalue weighted by Crippen LogP contribution is -2.42. The summed E-state index contributed by atoms with van der Waals surface area (Å²) in [6.07, 6.45) is 2.21. The molecule has 2 aromatic carbocycles. The number of carbonyl (C=O) groups excluding carboxylic acids is 1. The van der Waals surface area contributed by atoms with Gasteiger partial charge in [-0.05, 0) is 35.9 Å². The van der Waals surface area contributed by atoms with Crippen LogP contribution in [0, 0.1) is 0 Å². The molecule has 0 saturated carbocycles. The molecule has 2 heterocycles. The number of ether oxygens (including phenoxy) is 2. The molecule has 1 saturated heterocycles. The maximum atomic E-state index is 12.7. The Labute approximate surface area is 191 Å². The summed E-state index contributed by atoms with van der Waals surface area (Å²) >= 11 is 3.38. The minimum absolute atomic E-state index is 0.0962. The number of rotatable bonds is 7. The predicted molar refractivity (Wildman–Crippen MR) is 128 cm³/mol. The van der Waals surface area contributed by atoms with Crippen molar-refractivity contribution >= 4 is 39.2 Å². The molecule has 5 nitrogen and oxygen atoms in total. The molecule has 0 radical (unpaired) electrons. The van der Waals surface area contributed by atoms with Crippen molar-refractivity contribution in [3.63, 3.8) is 0 Å². The van der Waals surface area contributed by atoms with Gasteiger partial charge < -0.3 is 14.4 Å². The molecule has 3 aromatic rings. The van der Waals surface area contributed by atoms with Crippen LogP contribution in [-0.4, -0.2) is 47.3 Å². The van der Waals surface area contributed by atoms with Gasteiger partial charge in [0.05, 0.1) is 23.7 Å². The van der Waals surface area contributed by atoms with Crippen molar-refractivity contribution < 1.29 is 14.3 Å². The number of aromatic nitrogens is 1. The van der Waals surface area contributed by atoms with Gasteiger partial charge in [-0.1, -0.05) is 37.3 Å². The van der Waals surface area contributed by atoms with Crippen LogP contribution < -0.4 is 9.47 Å². The molecule has 31 heavy (non-hydrogen) atoms. The number of benzene rings is 2. The zero-order valence-electron chi connectivity index (χ0n) is 18.2. The lowest BCUT2D eigenvalue weighted by Gasteiger charge is -2.31. The van der Waals surface area contributed by atoms with Crippen molar-refractivity contribution in [1.29, 1.82) is 0 Å². The van der Waals surface area contributed by atoms with Crippen molar-refractivity contribution in [3.05, 3.63) is 48.0 Å². The number of hydrogen-bond donors (Lipinski definition) is 0. The third kappa shape index (κ3) is 5.71. The first-order chi connectivity index (χ1) is 15.0. The van der Waals surface area contributed by atoms with Gasteiger partial charge in [0.15, 0.2) is 0 Å². The number of carbonyl (C=O) groups is 1. The van der Waals surface area contributed by atoms with E-state index in [0.29, 0.717) is 16.9 Å². The molecule has 0 atom stereocenters. The summed E-state index contributed by atoms with van der Waals surface area (Å²) < 4.78 is 12.5. The quantitative estimate of drug-likeness (QED) is 0.445. The van der Waals surface area contributed by atoms with Gasteiger partial charge in [0.1, 0.15) is 11.9 Å². The number of thioether (sulfide) groups is 1. The molecule has 164 valence electrons. The van der Waals surface area contributed by atoms with Crippen LogP contribution in [0.25, 0.3) is 10.2 Å². The number of amides is 1. The molecule has 1 aliphatic rings. The average Bonchev–Trinajstić information content (AvgIpc) is 3.16. The number of likely N-dealkylation sites (tertiary alicyclic amines) is 1. The third-order valence-corrected chi connectivity index (χ3v) is 7.21. The molecule has 0 unspecified atom stereocenters. The highest BCUT2D eigenvalue weighted by molar-refractivity contribution is 7.99. The van der Waals surface area contributed by atoms with E-state index < -0.39 is 0 Å². The van der Waals surface area contributed by atoms with Crippen molar-refractivity contribution in [2.24, 2.45) is 0 Å². The zero-order chi connectivity index (χ0) is 21.8. The van der Waals surface area contributed by atoms with E-state index in [1.54, 1.807) is 7.11 Å². The monoisotopic (exact) mass is 456 g/mol. The topological polar surface area (TPSA) is 51.7 Å². The smallest absolute Gasteiger partial charge is 0.274 e. The molecule has 1 amide bonds. The largest absolute Gasteiger partial charge is 0.497 e. The second-order valence-electron chi connectivity index (χ2n) is 8.00. The summed E-state index contributed by atoms with van der Waals surface area (Å²) in [5.74, 6) is 1.01. The number of methoxy groups -OCH3 is 1. The number of hydrogen-bond acceptors (Lipinski definition) is 6. The van der Waals surface area contributed by atoms with Crippen LogP contribution in [0.3, 0.4) is 0 Å². The molecule has 1 aliphatic heterocycles. The van der Waals surface area contributed by atoms with Crippen LogP contribution in [0.2, 0.25) is 0 Å². The first-order valence-electron chi connectivity index (χ1n) is 10.6. The number of thiazole rings is 1. The van der Waals surface area contributed by atoms with Gasteiger partial charge in [-0.15, -0.1) is 11.8 Å². The standard InChI is InChI=1S/C24H28N2O3S2/c1-16(2)30-20-7-4-17(5-8-20)14-23(27)26-12-10-18(11-13-26)29-24-25-21-9-6-19(28-3)15-22(21)31-24/h4-9,15-16,18H,10-14H2,1-3H3. The normalized spacial score (nSPS) is 14.9. The van der Waals surface area contributed by atoms with Crippen molar-refractivity contribution in [2.75, 3.05) is 20.2 Å². The highest BCUT2D eigenvalue weighted by Gasteiger charge is 2.25. The minimum Gasteiger partial charge on any atom is -0.497 e. The van der Waals surface area contributed by atoms with Gasteiger partial charge in [-0.25, -0.2) is 4.98 Å². The predicted octanol–water partition coefficient (Wildman–Crippen LogP) is 5.42. The Morgan fingerprint density at radius 2 is 1.94 bits per heavy atom. The molecule has 0 N–H and O–H groups in total. The molecule has 0 aliphatic carbocycles. The highest BCUT2D eigenvalue weighted by Crippen LogP contribution is 2.32. The fourth-order valence-electron chi connectivity index (χ4n) is 3.67. The van der Waals surface area contributed by atoms with E-state index in [1.165, 1.54) is 16.2 Å². The van der Waals surface area contributed by atoms with Crippen molar-refractivity contribution in [1.82, 2.24) is 9.88 Å². The minimum atomic E-state index is 0.0962. The van der Waals surface area contributed by atoms with Crippen molar-refractivity contribution in [3.8, 4) is 10.9 Å². The molecule has 1 fully saturated rings. The summed E-state index contributed by atoms with van der Waals surface area (Å²) in [7, 11) is 1.66. The van der Waals surface area contributed by atoms with Crippen molar-refractivity contribution in [2.45, 2.75) is 49.4 Å². The van der Waals surface area contributed by atoms with E-state index in [0.717, 1.165) is 47.5 Å². The van der Waals surface area contributed by atoms with Gasteiger partial charge in [0.2, 0.25) is 5.91 Å². The molecular formula is C24H28N2O3S2. The Hall–Kier alpha value is -2.25. The summed E-state index contributed by atoms with van der Waals surface area (Å²) in [6.45, 7) is 5.82. The maximum Gasteiger partial charge on any atom is 0.274 e. The number of fused-ring (bicyclic) bond motifs is 1. The highest BCUT2D eigenvalue weighted by atomic mass is 32.2. The second kappa shape index (κ2) is 9.92. The molecule has 4 rings (SSSR count). The maximum absolute atomic E-state index is 12.7. The SMILES string of the molecule is COc1ccc2nc(OC3CCN(C(=O)Cc4ccc(SC(C)C)cc4)CC3)sc2c1. The summed E-state index contributed by atoms with van der Waals surface area (Å²) in [4.78, 5) is 20.5. The Morgan fingerprint density at radius 1 is 1.19 bits per heavy atom. The fraction of sp³-hybridized carbons (Fsp3) is 0.417. The summed E-state index contributed by atoms with van der Waals surface area (Å²) in [5, 5.41) is 1.24. The van der Waals surface area contributed by atoms with E-state index >= 15 is 0 Å². The first kappa shape index (κ1) is 22.0. The van der Waals surface area contributed by atoms with Gasteiger partial charge in [0.25, 0.3) is 5.19 Å². The first-order valence-corrected chi connectivity index (χ1v) is 12.3.